The molecule has 0 atom stereocenters. The Hall–Kier alpha value is -2.68. The number of fused-ring (bicyclic) bond motifs is 1. The number of pyridine rings is 1. The van der Waals surface area contributed by atoms with E-state index in [0.717, 1.165) is 38.4 Å². The highest BCUT2D eigenvalue weighted by molar-refractivity contribution is 9.11. The van der Waals surface area contributed by atoms with Gasteiger partial charge >= 0.3 is 12.3 Å². The molecular weight excluding hydrogens is 723 g/mol. The van der Waals surface area contributed by atoms with Gasteiger partial charge in [-0.3, -0.25) is 10.3 Å². The number of imidazole rings is 1. The van der Waals surface area contributed by atoms with Crippen molar-refractivity contribution in [2.45, 2.75) is 77.8 Å². The second kappa shape index (κ2) is 13.4. The third-order valence-electron chi connectivity index (χ3n) is 6.64. The molecule has 4 rings (SSSR count). The Morgan fingerprint density at radius 1 is 1.07 bits per heavy atom. The van der Waals surface area contributed by atoms with Gasteiger partial charge in [-0.05, 0) is 101 Å². The zero-order valence-corrected chi connectivity index (χ0v) is 29.6. The molecule has 3 aromatic heterocycles. The van der Waals surface area contributed by atoms with Gasteiger partial charge in [0.2, 0.25) is 5.95 Å². The first-order valence-corrected chi connectivity index (χ1v) is 19.4. The number of anilines is 1. The molecule has 0 bridgehead atoms. The van der Waals surface area contributed by atoms with Crippen LogP contribution in [0.3, 0.4) is 0 Å². The number of benzene rings is 1. The van der Waals surface area contributed by atoms with Crippen molar-refractivity contribution in [1.29, 1.82) is 0 Å². The smallest absolute Gasteiger partial charge is 0.416 e. The topological polar surface area (TPSA) is 94.1 Å². The zero-order valence-electron chi connectivity index (χ0n) is 25.5. The molecule has 238 valence electrons. The Labute approximate surface area is 272 Å². The van der Waals surface area contributed by atoms with Crippen molar-refractivity contribution in [2.24, 2.45) is 0 Å². The molecule has 0 unspecified atom stereocenters. The first-order valence-electron chi connectivity index (χ1n) is 14.1. The summed E-state index contributed by atoms with van der Waals surface area (Å²) in [7, 11) is -1.32. The standard InChI is InChI=1S/C30H36Br2F3N5O3Si/c1-29(2,3)43-28(41)39-27-37-21-13-14-36-24(23(21)38-27)25-22(31)20(26(32)40(25)17-42-15-16-44(4,5)6)12-9-18-7-10-19(11-8-18)30(33,34)35/h7-8,10-11,13-14H,9,12,15-17H2,1-6H3,(H2,37,38,39,41). The molecule has 1 amide bonds. The molecule has 2 N–H and O–H groups in total. The van der Waals surface area contributed by atoms with Crippen molar-refractivity contribution in [1.82, 2.24) is 19.5 Å². The Morgan fingerprint density at radius 3 is 2.36 bits per heavy atom. The maximum atomic E-state index is 13.1. The number of rotatable bonds is 10. The molecular formula is C30H36Br2F3N5O3Si. The van der Waals surface area contributed by atoms with Crippen molar-refractivity contribution in [2.75, 3.05) is 11.9 Å². The zero-order chi connectivity index (χ0) is 32.4. The lowest BCUT2D eigenvalue weighted by Crippen LogP contribution is -2.27. The van der Waals surface area contributed by atoms with Crippen LogP contribution in [0.4, 0.5) is 23.9 Å². The maximum absolute atomic E-state index is 13.1. The number of alkyl halides is 3. The van der Waals surface area contributed by atoms with E-state index < -0.39 is 31.5 Å². The molecule has 0 aliphatic rings. The Kier molecular flexibility index (Phi) is 10.4. The van der Waals surface area contributed by atoms with Gasteiger partial charge in [-0.15, -0.1) is 0 Å². The number of hydrogen-bond acceptors (Lipinski definition) is 5. The second-order valence-electron chi connectivity index (χ2n) is 12.7. The first kappa shape index (κ1) is 34.2. The van der Waals surface area contributed by atoms with Crippen LogP contribution in [-0.4, -0.2) is 45.9 Å². The van der Waals surface area contributed by atoms with Gasteiger partial charge in [-0.1, -0.05) is 31.8 Å². The summed E-state index contributed by atoms with van der Waals surface area (Å²) in [5, 5.41) is 2.65. The Bertz CT molecular complexity index is 1620. The van der Waals surface area contributed by atoms with E-state index in [1.165, 1.54) is 12.1 Å². The highest BCUT2D eigenvalue weighted by Crippen LogP contribution is 2.41. The summed E-state index contributed by atoms with van der Waals surface area (Å²) in [6.45, 7) is 13.0. The number of aromatic amines is 1. The van der Waals surface area contributed by atoms with Crippen LogP contribution >= 0.6 is 31.9 Å². The quantitative estimate of drug-likeness (QED) is 0.124. The normalized spacial score (nSPS) is 12.6. The summed E-state index contributed by atoms with van der Waals surface area (Å²) in [5.41, 5.74) is 2.80. The van der Waals surface area contributed by atoms with E-state index in [1.807, 2.05) is 4.57 Å². The average molecular weight is 760 g/mol. The number of H-pyrrole nitrogens is 1. The largest absolute Gasteiger partial charge is 0.444 e. The fraction of sp³-hybridized carbons (Fsp3) is 0.433. The molecule has 0 fully saturated rings. The highest BCUT2D eigenvalue weighted by Gasteiger charge is 2.30. The number of aryl methyl sites for hydroxylation is 1. The number of ether oxygens (including phenoxy) is 2. The Morgan fingerprint density at radius 2 is 1.75 bits per heavy atom. The molecule has 0 aliphatic heterocycles. The van der Waals surface area contributed by atoms with Gasteiger partial charge < -0.3 is 19.0 Å². The first-order chi connectivity index (χ1) is 20.4. The van der Waals surface area contributed by atoms with Crippen molar-refractivity contribution in [3.63, 3.8) is 0 Å². The summed E-state index contributed by atoms with van der Waals surface area (Å²) in [5.74, 6) is 0.214. The van der Waals surface area contributed by atoms with Crippen LogP contribution in [0.2, 0.25) is 25.7 Å². The Balaban J connectivity index is 1.69. The number of carbonyl (C=O) groups is 1. The lowest BCUT2D eigenvalue weighted by molar-refractivity contribution is -0.137. The van der Waals surface area contributed by atoms with Crippen LogP contribution in [0.5, 0.6) is 0 Å². The number of carbonyl (C=O) groups excluding carboxylic acids is 1. The number of amides is 1. The second-order valence-corrected chi connectivity index (χ2v) is 19.8. The summed E-state index contributed by atoms with van der Waals surface area (Å²) < 4.78 is 54.2. The number of aromatic nitrogens is 4. The van der Waals surface area contributed by atoms with E-state index in [-0.39, 0.29) is 12.7 Å². The van der Waals surface area contributed by atoms with Crippen LogP contribution in [0.15, 0.2) is 45.6 Å². The predicted octanol–water partition coefficient (Wildman–Crippen LogP) is 9.41. The molecule has 0 radical (unpaired) electrons. The molecule has 0 aliphatic carbocycles. The van der Waals surface area contributed by atoms with E-state index in [2.05, 4.69) is 71.8 Å². The van der Waals surface area contributed by atoms with Gasteiger partial charge in [0, 0.05) is 25.4 Å². The lowest BCUT2D eigenvalue weighted by Gasteiger charge is -2.18. The van der Waals surface area contributed by atoms with Gasteiger partial charge in [-0.2, -0.15) is 13.2 Å². The van der Waals surface area contributed by atoms with Gasteiger partial charge in [0.15, 0.2) is 0 Å². The summed E-state index contributed by atoms with van der Waals surface area (Å²) in [4.78, 5) is 24.8. The predicted molar refractivity (Wildman–Crippen MR) is 176 cm³/mol. The van der Waals surface area contributed by atoms with E-state index >= 15 is 0 Å². The summed E-state index contributed by atoms with van der Waals surface area (Å²) in [6.07, 6.45) is -2.32. The molecule has 44 heavy (non-hydrogen) atoms. The highest BCUT2D eigenvalue weighted by atomic mass is 79.9. The number of hydrogen-bond donors (Lipinski definition) is 2. The van der Waals surface area contributed by atoms with Crippen LogP contribution in [0.25, 0.3) is 22.4 Å². The molecule has 4 aromatic rings. The molecule has 0 spiro atoms. The van der Waals surface area contributed by atoms with Crippen LogP contribution in [-0.2, 0) is 35.2 Å². The summed E-state index contributed by atoms with van der Waals surface area (Å²) >= 11 is 7.56. The van der Waals surface area contributed by atoms with Crippen LogP contribution < -0.4 is 5.32 Å². The van der Waals surface area contributed by atoms with Gasteiger partial charge in [0.05, 0.1) is 21.4 Å². The van der Waals surface area contributed by atoms with E-state index in [1.54, 1.807) is 33.0 Å². The fourth-order valence-electron chi connectivity index (χ4n) is 4.41. The molecule has 1 aromatic carbocycles. The van der Waals surface area contributed by atoms with Gasteiger partial charge in [0.25, 0.3) is 0 Å². The molecule has 14 heteroatoms. The van der Waals surface area contributed by atoms with Crippen molar-refractivity contribution < 1.29 is 27.4 Å². The third kappa shape index (κ3) is 8.73. The van der Waals surface area contributed by atoms with Crippen LogP contribution in [0, 0.1) is 0 Å². The average Bonchev–Trinajstić information content (AvgIpc) is 3.40. The third-order valence-corrected chi connectivity index (χ3v) is 10.1. The monoisotopic (exact) mass is 757 g/mol. The minimum absolute atomic E-state index is 0.214. The van der Waals surface area contributed by atoms with E-state index in [0.29, 0.717) is 41.9 Å². The van der Waals surface area contributed by atoms with Crippen molar-refractivity contribution in [3.05, 3.63) is 62.3 Å². The SMILES string of the molecule is CC(C)(C)OC(=O)Nc1nc2c(-c3c(Br)c(CCc4ccc(C(F)(F)F)cc4)c(Br)n3COCC[Si](C)(C)C)nccc2[nH]1. The molecule has 0 saturated carbocycles. The van der Waals surface area contributed by atoms with Crippen molar-refractivity contribution in [3.8, 4) is 11.4 Å². The van der Waals surface area contributed by atoms with E-state index in [9.17, 15) is 18.0 Å². The number of nitrogens with one attached hydrogen (secondary N) is 2. The number of halogens is 5. The molecule has 3 heterocycles. The number of nitrogens with zero attached hydrogens (tertiary/aromatic N) is 3. The van der Waals surface area contributed by atoms with E-state index in [4.69, 9.17) is 9.47 Å². The van der Waals surface area contributed by atoms with Crippen molar-refractivity contribution >= 4 is 63.0 Å². The minimum Gasteiger partial charge on any atom is -0.444 e. The summed E-state index contributed by atoms with van der Waals surface area (Å²) in [6, 6.07) is 7.98. The molecule has 0 saturated heterocycles. The van der Waals surface area contributed by atoms with Crippen LogP contribution in [0.1, 0.15) is 37.5 Å². The fourth-order valence-corrected chi connectivity index (χ4v) is 6.90. The lowest BCUT2D eigenvalue weighted by atomic mass is 10.0. The maximum Gasteiger partial charge on any atom is 0.416 e. The van der Waals surface area contributed by atoms with Gasteiger partial charge in [-0.25, -0.2) is 9.78 Å². The van der Waals surface area contributed by atoms with Gasteiger partial charge in [0.1, 0.15) is 23.5 Å². The minimum atomic E-state index is -4.38. The molecule has 8 nitrogen and oxygen atoms in total.